The van der Waals surface area contributed by atoms with Gasteiger partial charge in [0.2, 0.25) is 17.6 Å². The fourth-order valence-corrected chi connectivity index (χ4v) is 4.27. The monoisotopic (exact) mass is 494 g/mol. The normalized spacial score (nSPS) is 14.8. The third-order valence-electron chi connectivity index (χ3n) is 6.15. The van der Waals surface area contributed by atoms with Gasteiger partial charge in [0.25, 0.3) is 0 Å². The molecular formula is C27H34N4O5. The number of carbonyl (C=O) groups is 1. The lowest BCUT2D eigenvalue weighted by molar-refractivity contribution is -0.121. The van der Waals surface area contributed by atoms with E-state index in [-0.39, 0.29) is 11.9 Å². The number of methoxy groups -OCH3 is 1. The number of rotatable bonds is 12. The quantitative estimate of drug-likeness (QED) is 0.407. The maximum atomic E-state index is 12.7. The van der Waals surface area contributed by atoms with Gasteiger partial charge in [-0.1, -0.05) is 41.6 Å². The number of carbonyl (C=O) groups excluding carboxylic acids is 1. The van der Waals surface area contributed by atoms with Crippen molar-refractivity contribution >= 4 is 5.91 Å². The number of aryl methyl sites for hydroxylation is 1. The molecule has 1 fully saturated rings. The minimum atomic E-state index is -0.00559. The number of benzene rings is 2. The molecule has 0 spiro atoms. The zero-order valence-corrected chi connectivity index (χ0v) is 20.9. The molecule has 1 aromatic heterocycles. The van der Waals surface area contributed by atoms with Gasteiger partial charge in [0.15, 0.2) is 11.5 Å². The Morgan fingerprint density at radius 2 is 1.94 bits per heavy atom. The first-order chi connectivity index (χ1) is 17.7. The van der Waals surface area contributed by atoms with Gasteiger partial charge in [0, 0.05) is 38.0 Å². The number of ether oxygens (including phenoxy) is 3. The van der Waals surface area contributed by atoms with Gasteiger partial charge >= 0.3 is 0 Å². The lowest BCUT2D eigenvalue weighted by Crippen LogP contribution is -2.43. The van der Waals surface area contributed by atoms with Gasteiger partial charge < -0.3 is 24.1 Å². The highest BCUT2D eigenvalue weighted by Gasteiger charge is 2.24. The van der Waals surface area contributed by atoms with Crippen molar-refractivity contribution in [3.05, 3.63) is 60.0 Å². The van der Waals surface area contributed by atoms with E-state index in [1.807, 2.05) is 55.5 Å². The zero-order chi connectivity index (χ0) is 25.2. The standard InChI is InChI=1S/C27H34N4O5/c1-3-35-23-13-12-21(18-24(23)33-2)22(31-14-16-34-17-15-31)19-28-25(32)10-7-11-26-29-27(30-36-26)20-8-5-4-6-9-20/h4-6,8-9,12-13,18,22H,3,7,10-11,14-17,19H2,1-2H3,(H,28,32). The van der Waals surface area contributed by atoms with Crippen LogP contribution in [0.3, 0.4) is 0 Å². The molecule has 1 atom stereocenters. The van der Waals surface area contributed by atoms with E-state index in [4.69, 9.17) is 18.7 Å². The highest BCUT2D eigenvalue weighted by Crippen LogP contribution is 2.32. The first-order valence-electron chi connectivity index (χ1n) is 12.4. The van der Waals surface area contributed by atoms with E-state index in [1.165, 1.54) is 0 Å². The molecule has 0 radical (unpaired) electrons. The molecule has 1 aliphatic rings. The smallest absolute Gasteiger partial charge is 0.226 e. The van der Waals surface area contributed by atoms with E-state index in [1.54, 1.807) is 7.11 Å². The minimum absolute atomic E-state index is 0.00559. The third-order valence-corrected chi connectivity index (χ3v) is 6.15. The molecule has 192 valence electrons. The summed E-state index contributed by atoms with van der Waals surface area (Å²) in [7, 11) is 1.64. The van der Waals surface area contributed by atoms with Crippen LogP contribution in [0.4, 0.5) is 0 Å². The molecule has 2 heterocycles. The second-order valence-corrected chi connectivity index (χ2v) is 8.54. The Hall–Kier alpha value is -3.43. The maximum Gasteiger partial charge on any atom is 0.226 e. The minimum Gasteiger partial charge on any atom is -0.493 e. The second-order valence-electron chi connectivity index (χ2n) is 8.54. The van der Waals surface area contributed by atoms with Crippen LogP contribution in [0, 0.1) is 0 Å². The van der Waals surface area contributed by atoms with Gasteiger partial charge in [-0.05, 0) is 31.0 Å². The van der Waals surface area contributed by atoms with Crippen molar-refractivity contribution in [1.29, 1.82) is 0 Å². The van der Waals surface area contributed by atoms with Gasteiger partial charge in [-0.15, -0.1) is 0 Å². The molecule has 9 nitrogen and oxygen atoms in total. The molecule has 36 heavy (non-hydrogen) atoms. The van der Waals surface area contributed by atoms with Gasteiger partial charge in [-0.2, -0.15) is 4.98 Å². The van der Waals surface area contributed by atoms with E-state index < -0.39 is 0 Å². The van der Waals surface area contributed by atoms with Gasteiger partial charge in [-0.25, -0.2) is 0 Å². The van der Waals surface area contributed by atoms with Crippen molar-refractivity contribution in [3.63, 3.8) is 0 Å². The Morgan fingerprint density at radius 1 is 1.14 bits per heavy atom. The summed E-state index contributed by atoms with van der Waals surface area (Å²) >= 11 is 0. The van der Waals surface area contributed by atoms with Crippen molar-refractivity contribution in [2.45, 2.75) is 32.2 Å². The molecule has 1 saturated heterocycles. The maximum absolute atomic E-state index is 12.7. The van der Waals surface area contributed by atoms with Crippen LogP contribution in [0.15, 0.2) is 53.1 Å². The SMILES string of the molecule is CCOc1ccc(C(CNC(=O)CCCc2nc(-c3ccccc3)no2)N2CCOCC2)cc1OC. The molecule has 1 N–H and O–H groups in total. The van der Waals surface area contributed by atoms with E-state index in [0.29, 0.717) is 68.8 Å². The molecule has 0 aliphatic carbocycles. The van der Waals surface area contributed by atoms with Crippen LogP contribution >= 0.6 is 0 Å². The number of nitrogens with zero attached hydrogens (tertiary/aromatic N) is 3. The molecule has 0 saturated carbocycles. The van der Waals surface area contributed by atoms with Crippen LogP contribution in [0.25, 0.3) is 11.4 Å². The zero-order valence-electron chi connectivity index (χ0n) is 20.9. The summed E-state index contributed by atoms with van der Waals surface area (Å²) in [6.45, 7) is 5.96. The molecule has 1 aliphatic heterocycles. The summed E-state index contributed by atoms with van der Waals surface area (Å²) < 4.78 is 22.1. The number of aromatic nitrogens is 2. The lowest BCUT2D eigenvalue weighted by atomic mass is 10.0. The first-order valence-corrected chi connectivity index (χ1v) is 12.4. The predicted octanol–water partition coefficient (Wildman–Crippen LogP) is 3.66. The molecule has 1 unspecified atom stereocenters. The van der Waals surface area contributed by atoms with Crippen LogP contribution in [0.2, 0.25) is 0 Å². The summed E-state index contributed by atoms with van der Waals surface area (Å²) in [5.41, 5.74) is 1.97. The molecule has 9 heteroatoms. The van der Waals surface area contributed by atoms with Gasteiger partial charge in [0.1, 0.15) is 0 Å². The molecule has 1 amide bonds. The lowest BCUT2D eigenvalue weighted by Gasteiger charge is -2.35. The highest BCUT2D eigenvalue weighted by molar-refractivity contribution is 5.75. The molecular weight excluding hydrogens is 460 g/mol. The number of nitrogens with one attached hydrogen (secondary N) is 1. The molecule has 3 aromatic rings. The average molecular weight is 495 g/mol. The second kappa shape index (κ2) is 13.0. The van der Waals surface area contributed by atoms with E-state index in [2.05, 4.69) is 20.4 Å². The largest absolute Gasteiger partial charge is 0.493 e. The Balaban J connectivity index is 1.32. The first kappa shape index (κ1) is 25.7. The number of amides is 1. The summed E-state index contributed by atoms with van der Waals surface area (Å²) in [6, 6.07) is 15.7. The Bertz CT molecular complexity index is 1100. The van der Waals surface area contributed by atoms with Crippen molar-refractivity contribution in [2.24, 2.45) is 0 Å². The average Bonchev–Trinajstić information content (AvgIpc) is 3.40. The summed E-state index contributed by atoms with van der Waals surface area (Å²) in [5.74, 6) is 2.50. The highest BCUT2D eigenvalue weighted by atomic mass is 16.5. The van der Waals surface area contributed by atoms with Crippen molar-refractivity contribution in [2.75, 3.05) is 46.6 Å². The van der Waals surface area contributed by atoms with Gasteiger partial charge in [-0.3, -0.25) is 9.69 Å². The molecule has 4 rings (SSSR count). The van der Waals surface area contributed by atoms with Crippen LogP contribution in [0.5, 0.6) is 11.5 Å². The predicted molar refractivity (Wildman–Crippen MR) is 135 cm³/mol. The Morgan fingerprint density at radius 3 is 2.69 bits per heavy atom. The van der Waals surface area contributed by atoms with Gasteiger partial charge in [0.05, 0.1) is 33.0 Å². The Kier molecular flexibility index (Phi) is 9.29. The fourth-order valence-electron chi connectivity index (χ4n) is 4.27. The third kappa shape index (κ3) is 6.83. The van der Waals surface area contributed by atoms with Crippen LogP contribution in [-0.2, 0) is 16.0 Å². The van der Waals surface area contributed by atoms with Crippen molar-refractivity contribution in [1.82, 2.24) is 20.4 Å². The van der Waals surface area contributed by atoms with Crippen LogP contribution in [0.1, 0.15) is 37.3 Å². The summed E-state index contributed by atoms with van der Waals surface area (Å²) in [5, 5.41) is 7.15. The summed E-state index contributed by atoms with van der Waals surface area (Å²) in [4.78, 5) is 19.4. The topological polar surface area (TPSA) is 99.0 Å². The number of hydrogen-bond donors (Lipinski definition) is 1. The molecule has 2 aromatic carbocycles. The Labute approximate surface area is 211 Å². The van der Waals surface area contributed by atoms with Crippen LogP contribution in [-0.4, -0.2) is 67.5 Å². The molecule has 0 bridgehead atoms. The number of hydrogen-bond acceptors (Lipinski definition) is 8. The van der Waals surface area contributed by atoms with E-state index in [9.17, 15) is 4.79 Å². The van der Waals surface area contributed by atoms with E-state index >= 15 is 0 Å². The van der Waals surface area contributed by atoms with Crippen molar-refractivity contribution in [3.8, 4) is 22.9 Å². The van der Waals surface area contributed by atoms with Crippen LogP contribution < -0.4 is 14.8 Å². The number of morpholine rings is 1. The van der Waals surface area contributed by atoms with Crippen molar-refractivity contribution < 1.29 is 23.5 Å². The fraction of sp³-hybridized carbons (Fsp3) is 0.444. The summed E-state index contributed by atoms with van der Waals surface area (Å²) in [6.07, 6.45) is 1.56. The van der Waals surface area contributed by atoms with E-state index in [0.717, 1.165) is 24.2 Å².